The molecule has 5 aliphatic heterocycles. The van der Waals surface area contributed by atoms with Crippen molar-refractivity contribution in [3.63, 3.8) is 0 Å². The van der Waals surface area contributed by atoms with Crippen LogP contribution in [-0.2, 0) is 38.0 Å². The molecule has 8 rings (SSSR count). The average Bonchev–Trinajstić information content (AvgIpc) is 3.82. The number of hydrogen-bond acceptors (Lipinski definition) is 11. The molecule has 5 aliphatic rings. The number of aliphatic hydroxyl groups excluding tert-OH is 3. The number of benzene rings is 3. The number of ether oxygens (including phenoxy) is 6. The zero-order valence-corrected chi connectivity index (χ0v) is 36.5. The second-order valence-electron chi connectivity index (χ2n) is 16.8. The van der Waals surface area contributed by atoms with Crippen LogP contribution in [0.3, 0.4) is 0 Å². The van der Waals surface area contributed by atoms with Crippen LogP contribution in [0.4, 0.5) is 0 Å². The topological polar surface area (TPSA) is 150 Å². The van der Waals surface area contributed by atoms with Gasteiger partial charge in [0.15, 0.2) is 6.29 Å². The van der Waals surface area contributed by atoms with Crippen molar-refractivity contribution < 1.29 is 53.3 Å². The molecule has 0 aromatic heterocycles. The standard InChI is InChI=1S/C21H21O2P.C15H24O5.C12H20O4.CH4/c1-18(23)24(17-22,19-11-5-2-6-12-19,20-13-7-3-8-14-20)21-15-9-4-10-16-21;1-3-4-11-5-7-13-15(10-16,20-11)9-12(19-13)6-8-14(17)18-2;1-2-3-8-4-5-10-12(16-8)6-9(15-10)11(13)14-7-12;/h2-16,22H,17H2,1H3;6,8,11-13,16H,3-5,7,9-10H2,1-2H3;8-11,13H,2-7H2,1H3;1H4/b;8-6+;;/t;11-,12-,13-,15+;8-,9+,10-,11?,12+;/m.00./s1. The third-order valence-electron chi connectivity index (χ3n) is 13.2. The first kappa shape index (κ1) is 48.7. The maximum atomic E-state index is 13.3. The average molecular weight is 865 g/mol. The smallest absolute Gasteiger partial charge is 0.330 e. The molecule has 2 bridgehead atoms. The molecule has 5 fully saturated rings. The second-order valence-corrected chi connectivity index (χ2v) is 21.9. The zero-order valence-electron chi connectivity index (χ0n) is 35.6. The van der Waals surface area contributed by atoms with Crippen LogP contribution in [0.2, 0.25) is 0 Å². The number of methoxy groups -OCH3 is 1. The molecule has 336 valence electrons. The van der Waals surface area contributed by atoms with Gasteiger partial charge in [-0.25, -0.2) is 4.79 Å². The summed E-state index contributed by atoms with van der Waals surface area (Å²) >= 11 is 0. The molecule has 12 heteroatoms. The van der Waals surface area contributed by atoms with E-state index >= 15 is 0 Å². The molecule has 3 aromatic carbocycles. The molecule has 61 heavy (non-hydrogen) atoms. The van der Waals surface area contributed by atoms with Crippen molar-refractivity contribution >= 4 is 34.0 Å². The van der Waals surface area contributed by atoms with E-state index in [0.29, 0.717) is 19.1 Å². The number of carbonyl (C=O) groups is 2. The Morgan fingerprint density at radius 3 is 1.77 bits per heavy atom. The number of aliphatic hydroxyl groups is 3. The van der Waals surface area contributed by atoms with E-state index in [1.165, 1.54) is 13.2 Å². The van der Waals surface area contributed by atoms with E-state index in [-0.39, 0.29) is 62.0 Å². The molecule has 0 radical (unpaired) electrons. The third kappa shape index (κ3) is 9.62. The molecule has 1 spiro atoms. The van der Waals surface area contributed by atoms with Crippen LogP contribution in [-0.4, -0.2) is 108 Å². The van der Waals surface area contributed by atoms with Gasteiger partial charge in [-0.3, -0.25) is 0 Å². The van der Waals surface area contributed by atoms with E-state index in [1.54, 1.807) is 13.0 Å². The fourth-order valence-electron chi connectivity index (χ4n) is 9.99. The molecule has 11 nitrogen and oxygen atoms in total. The van der Waals surface area contributed by atoms with Gasteiger partial charge >= 0.3 is 148 Å². The van der Waals surface area contributed by atoms with E-state index in [9.17, 15) is 24.9 Å². The minimum absolute atomic E-state index is 0. The SMILES string of the molecule is C.CC(=O)P(CO)(c1ccccc1)(c1ccccc1)c1ccccc1.CCC[C@H]1CC[C@@H]2O[C@@H](/C=C/C(=O)OC)C[C@]2(CO)O1.CCC[C@H]1CC[C@@H]2O[C@@H]3C[C@]2(COC3O)O1. The van der Waals surface area contributed by atoms with E-state index in [1.807, 2.05) is 91.0 Å². The number of rotatable bonds is 12. The second kappa shape index (κ2) is 21.3. The summed E-state index contributed by atoms with van der Waals surface area (Å²) in [5.41, 5.74) is -0.849. The van der Waals surface area contributed by atoms with Crippen LogP contribution in [0.25, 0.3) is 0 Å². The molecule has 0 saturated carbocycles. The van der Waals surface area contributed by atoms with Crippen molar-refractivity contribution in [1.29, 1.82) is 0 Å². The summed E-state index contributed by atoms with van der Waals surface area (Å²) in [7, 11) is 1.34. The fraction of sp³-hybridized carbons (Fsp3) is 0.551. The molecule has 1 unspecified atom stereocenters. The Bertz CT molecular complexity index is 1760. The Morgan fingerprint density at radius 2 is 1.30 bits per heavy atom. The quantitative estimate of drug-likeness (QED) is 0.105. The molecule has 3 aromatic rings. The van der Waals surface area contributed by atoms with Crippen molar-refractivity contribution in [3.05, 3.63) is 103 Å². The van der Waals surface area contributed by atoms with Gasteiger partial charge in [-0.2, -0.15) is 0 Å². The first-order valence-electron chi connectivity index (χ1n) is 21.7. The van der Waals surface area contributed by atoms with Gasteiger partial charge in [0.05, 0.1) is 50.8 Å². The van der Waals surface area contributed by atoms with Gasteiger partial charge in [0.1, 0.15) is 17.3 Å². The normalized spacial score (nSPS) is 30.7. The van der Waals surface area contributed by atoms with Crippen LogP contribution in [0, 0.1) is 0 Å². The summed E-state index contributed by atoms with van der Waals surface area (Å²) in [6.45, 7) is 2.75. The van der Waals surface area contributed by atoms with Gasteiger partial charge in [-0.1, -0.05) is 34.1 Å². The molecule has 9 atom stereocenters. The molecule has 0 amide bonds. The molecular formula is C49H69O11P. The van der Waals surface area contributed by atoms with Gasteiger partial charge < -0.3 is 38.6 Å². The Labute approximate surface area is 362 Å². The Hall–Kier alpha value is -3.35. The predicted molar refractivity (Wildman–Crippen MR) is 240 cm³/mol. The van der Waals surface area contributed by atoms with Crippen LogP contribution in [0.5, 0.6) is 0 Å². The van der Waals surface area contributed by atoms with Crippen molar-refractivity contribution in [1.82, 2.24) is 0 Å². The van der Waals surface area contributed by atoms with Crippen LogP contribution >= 0.6 is 6.60 Å². The van der Waals surface area contributed by atoms with Crippen molar-refractivity contribution in [3.8, 4) is 0 Å². The Kier molecular flexibility index (Phi) is 17.0. The largest absolute Gasteiger partial charge is 0.466 e. The minimum Gasteiger partial charge on any atom is -0.466 e. The molecule has 5 heterocycles. The van der Waals surface area contributed by atoms with Crippen molar-refractivity contribution in [2.24, 2.45) is 0 Å². The van der Waals surface area contributed by atoms with Crippen molar-refractivity contribution in [2.45, 2.75) is 147 Å². The van der Waals surface area contributed by atoms with Crippen molar-refractivity contribution in [2.75, 3.05) is 26.7 Å². The predicted octanol–water partition coefficient (Wildman–Crippen LogP) is 6.44. The Balaban J connectivity index is 0.000000175. The maximum absolute atomic E-state index is 13.3. The summed E-state index contributed by atoms with van der Waals surface area (Å²) < 4.78 is 34.0. The van der Waals surface area contributed by atoms with E-state index in [2.05, 4.69) is 18.6 Å². The van der Waals surface area contributed by atoms with E-state index < -0.39 is 24.5 Å². The zero-order chi connectivity index (χ0) is 42.8. The van der Waals surface area contributed by atoms with Crippen LogP contribution < -0.4 is 15.9 Å². The number of carbonyl (C=O) groups excluding carboxylic acids is 2. The minimum atomic E-state index is -3.62. The summed E-state index contributed by atoms with van der Waals surface area (Å²) in [6.07, 6.45) is 12.0. The summed E-state index contributed by atoms with van der Waals surface area (Å²) in [4.78, 5) is 24.4. The van der Waals surface area contributed by atoms with Gasteiger partial charge in [0.2, 0.25) is 0 Å². The third-order valence-corrected chi connectivity index (χ3v) is 19.4. The molecule has 0 aliphatic carbocycles. The van der Waals surface area contributed by atoms with E-state index in [4.69, 9.17) is 23.7 Å². The van der Waals surface area contributed by atoms with Gasteiger partial charge in [-0.15, -0.1) is 0 Å². The number of fused-ring (bicyclic) bond motifs is 2. The first-order valence-corrected chi connectivity index (χ1v) is 24.1. The molecule has 5 saturated heterocycles. The Morgan fingerprint density at radius 1 is 0.770 bits per heavy atom. The number of hydrogen-bond donors (Lipinski definition) is 3. The van der Waals surface area contributed by atoms with Gasteiger partial charge in [0, 0.05) is 18.9 Å². The fourth-order valence-corrected chi connectivity index (χ4v) is 15.2. The first-order chi connectivity index (χ1) is 29.0. The number of esters is 1. The molecular weight excluding hydrogens is 796 g/mol. The summed E-state index contributed by atoms with van der Waals surface area (Å²) in [5, 5.41) is 32.9. The monoisotopic (exact) mass is 864 g/mol. The maximum Gasteiger partial charge on any atom is 0.330 e. The van der Waals surface area contributed by atoms with Crippen LogP contribution in [0.15, 0.2) is 103 Å². The summed E-state index contributed by atoms with van der Waals surface area (Å²) in [5.74, 6) is -0.397. The molecule has 3 N–H and O–H groups in total. The van der Waals surface area contributed by atoms with Gasteiger partial charge in [-0.05, 0) is 44.6 Å². The van der Waals surface area contributed by atoms with E-state index in [0.717, 1.165) is 73.7 Å². The summed E-state index contributed by atoms with van der Waals surface area (Å²) in [6, 6.07) is 29.2. The van der Waals surface area contributed by atoms with Gasteiger partial charge in [0.25, 0.3) is 0 Å². The van der Waals surface area contributed by atoms with Crippen LogP contribution in [0.1, 0.15) is 92.4 Å².